The Morgan fingerprint density at radius 3 is 2.71 bits per heavy atom. The Kier molecular flexibility index (Phi) is 5.44. The molecule has 0 saturated carbocycles. The van der Waals surface area contributed by atoms with Crippen molar-refractivity contribution in [2.75, 3.05) is 34.3 Å². The molecule has 0 fully saturated rings. The van der Waals surface area contributed by atoms with Crippen molar-refractivity contribution in [1.29, 1.82) is 0 Å². The van der Waals surface area contributed by atoms with Gasteiger partial charge in [-0.3, -0.25) is 4.79 Å². The zero-order valence-corrected chi connectivity index (χ0v) is 11.9. The number of benzene rings is 1. The molecule has 0 aliphatic heterocycles. The predicted octanol–water partition coefficient (Wildman–Crippen LogP) is 1.75. The fraction of sp³-hybridized carbons (Fsp3) is 0.417. The Labute approximate surface area is 110 Å². The normalized spacial score (nSPS) is 10.4. The van der Waals surface area contributed by atoms with E-state index in [-0.39, 0.29) is 5.91 Å². The van der Waals surface area contributed by atoms with Crippen LogP contribution in [0.2, 0.25) is 0 Å². The van der Waals surface area contributed by atoms with Crippen LogP contribution in [0.1, 0.15) is 10.4 Å². The fourth-order valence-electron chi connectivity index (χ4n) is 1.30. The van der Waals surface area contributed by atoms with Gasteiger partial charge < -0.3 is 15.0 Å². The minimum Gasteiger partial charge on any atom is -0.497 e. The van der Waals surface area contributed by atoms with Crippen LogP contribution in [0.4, 0.5) is 0 Å². The van der Waals surface area contributed by atoms with Gasteiger partial charge in [0.1, 0.15) is 5.75 Å². The molecule has 0 atom stereocenters. The Bertz CT molecular complexity index is 394. The SMILES string of the molecule is COc1ccc(C(=O)NCCN(C)C)c(Br)c1. The average molecular weight is 301 g/mol. The number of carbonyl (C=O) groups excluding carboxylic acids is 1. The summed E-state index contributed by atoms with van der Waals surface area (Å²) in [6, 6.07) is 5.29. The van der Waals surface area contributed by atoms with Gasteiger partial charge in [0, 0.05) is 17.6 Å². The summed E-state index contributed by atoms with van der Waals surface area (Å²) in [5, 5.41) is 2.86. The van der Waals surface area contributed by atoms with Crippen molar-refractivity contribution < 1.29 is 9.53 Å². The van der Waals surface area contributed by atoms with E-state index < -0.39 is 0 Å². The third-order valence-corrected chi connectivity index (χ3v) is 2.92. The lowest BCUT2D eigenvalue weighted by molar-refractivity contribution is 0.0950. The molecule has 0 radical (unpaired) electrons. The third-order valence-electron chi connectivity index (χ3n) is 2.27. The van der Waals surface area contributed by atoms with E-state index >= 15 is 0 Å². The van der Waals surface area contributed by atoms with Crippen LogP contribution in [0.25, 0.3) is 0 Å². The summed E-state index contributed by atoms with van der Waals surface area (Å²) < 4.78 is 5.81. The molecule has 0 saturated heterocycles. The molecular formula is C12H17BrN2O2. The molecular weight excluding hydrogens is 284 g/mol. The maximum Gasteiger partial charge on any atom is 0.252 e. The molecule has 5 heteroatoms. The summed E-state index contributed by atoms with van der Waals surface area (Å²) in [5.41, 5.74) is 0.615. The molecule has 0 aromatic heterocycles. The van der Waals surface area contributed by atoms with Gasteiger partial charge >= 0.3 is 0 Å². The number of carbonyl (C=O) groups is 1. The number of nitrogens with one attached hydrogen (secondary N) is 1. The zero-order chi connectivity index (χ0) is 12.8. The minimum atomic E-state index is -0.0821. The number of ether oxygens (including phenoxy) is 1. The van der Waals surface area contributed by atoms with Gasteiger partial charge in [0.05, 0.1) is 12.7 Å². The summed E-state index contributed by atoms with van der Waals surface area (Å²) in [6.45, 7) is 1.45. The van der Waals surface area contributed by atoms with Gasteiger partial charge in [0.15, 0.2) is 0 Å². The smallest absolute Gasteiger partial charge is 0.252 e. The lowest BCUT2D eigenvalue weighted by Gasteiger charge is -2.11. The Morgan fingerprint density at radius 2 is 2.18 bits per heavy atom. The summed E-state index contributed by atoms with van der Waals surface area (Å²) >= 11 is 3.36. The second-order valence-electron chi connectivity index (χ2n) is 3.90. The predicted molar refractivity (Wildman–Crippen MR) is 71.6 cm³/mol. The monoisotopic (exact) mass is 300 g/mol. The van der Waals surface area contributed by atoms with Crippen LogP contribution in [0.3, 0.4) is 0 Å². The first-order valence-corrected chi connectivity index (χ1v) is 6.10. The average Bonchev–Trinajstić information content (AvgIpc) is 2.28. The standard InChI is InChI=1S/C12H17BrN2O2/c1-15(2)7-6-14-12(16)10-5-4-9(17-3)8-11(10)13/h4-5,8H,6-7H2,1-3H3,(H,14,16). The first-order valence-electron chi connectivity index (χ1n) is 5.31. The highest BCUT2D eigenvalue weighted by atomic mass is 79.9. The largest absolute Gasteiger partial charge is 0.497 e. The van der Waals surface area contributed by atoms with Crippen LogP contribution in [0.15, 0.2) is 22.7 Å². The number of hydrogen-bond acceptors (Lipinski definition) is 3. The molecule has 1 aromatic rings. The number of halogens is 1. The molecule has 0 unspecified atom stereocenters. The number of methoxy groups -OCH3 is 1. The molecule has 0 heterocycles. The number of nitrogens with zero attached hydrogens (tertiary/aromatic N) is 1. The summed E-state index contributed by atoms with van der Waals surface area (Å²) in [4.78, 5) is 13.9. The van der Waals surface area contributed by atoms with E-state index in [1.54, 1.807) is 25.3 Å². The van der Waals surface area contributed by atoms with Crippen LogP contribution in [0, 0.1) is 0 Å². The van der Waals surface area contributed by atoms with Gasteiger partial charge in [-0.25, -0.2) is 0 Å². The highest BCUT2D eigenvalue weighted by Gasteiger charge is 2.10. The first kappa shape index (κ1) is 14.0. The van der Waals surface area contributed by atoms with Crippen molar-refractivity contribution in [3.63, 3.8) is 0 Å². The number of amides is 1. The van der Waals surface area contributed by atoms with Crippen LogP contribution in [-0.4, -0.2) is 45.1 Å². The Hall–Kier alpha value is -1.07. The van der Waals surface area contributed by atoms with Gasteiger partial charge in [-0.2, -0.15) is 0 Å². The van der Waals surface area contributed by atoms with Gasteiger partial charge in [-0.1, -0.05) is 0 Å². The Balaban J connectivity index is 2.63. The number of hydrogen-bond donors (Lipinski definition) is 1. The van der Waals surface area contributed by atoms with E-state index in [2.05, 4.69) is 21.2 Å². The van der Waals surface area contributed by atoms with Crippen LogP contribution in [-0.2, 0) is 0 Å². The topological polar surface area (TPSA) is 41.6 Å². The highest BCUT2D eigenvalue weighted by Crippen LogP contribution is 2.22. The molecule has 1 amide bonds. The van der Waals surface area contributed by atoms with Crippen molar-refractivity contribution in [3.05, 3.63) is 28.2 Å². The number of likely N-dealkylation sites (N-methyl/N-ethyl adjacent to an activating group) is 1. The lowest BCUT2D eigenvalue weighted by atomic mass is 10.2. The Morgan fingerprint density at radius 1 is 1.47 bits per heavy atom. The molecule has 4 nitrogen and oxygen atoms in total. The highest BCUT2D eigenvalue weighted by molar-refractivity contribution is 9.10. The molecule has 94 valence electrons. The van der Waals surface area contributed by atoms with Gasteiger partial charge in [-0.05, 0) is 48.2 Å². The molecule has 17 heavy (non-hydrogen) atoms. The van der Waals surface area contributed by atoms with Gasteiger partial charge in [0.25, 0.3) is 5.91 Å². The molecule has 0 aliphatic carbocycles. The lowest BCUT2D eigenvalue weighted by Crippen LogP contribution is -2.31. The number of rotatable bonds is 5. The van der Waals surface area contributed by atoms with Crippen molar-refractivity contribution in [2.24, 2.45) is 0 Å². The zero-order valence-electron chi connectivity index (χ0n) is 10.3. The maximum atomic E-state index is 11.8. The second kappa shape index (κ2) is 6.61. The molecule has 1 rings (SSSR count). The van der Waals surface area contributed by atoms with Crippen molar-refractivity contribution in [1.82, 2.24) is 10.2 Å². The van der Waals surface area contributed by atoms with E-state index in [1.165, 1.54) is 0 Å². The van der Waals surface area contributed by atoms with Crippen molar-refractivity contribution >= 4 is 21.8 Å². The van der Waals surface area contributed by atoms with E-state index in [1.807, 2.05) is 19.0 Å². The third kappa shape index (κ3) is 4.36. The molecule has 0 bridgehead atoms. The first-order chi connectivity index (χ1) is 8.04. The van der Waals surface area contributed by atoms with Gasteiger partial charge in [0.2, 0.25) is 0 Å². The van der Waals surface area contributed by atoms with Crippen molar-refractivity contribution in [3.8, 4) is 5.75 Å². The molecule has 0 aliphatic rings. The van der Waals surface area contributed by atoms with Crippen molar-refractivity contribution in [2.45, 2.75) is 0 Å². The fourth-order valence-corrected chi connectivity index (χ4v) is 1.83. The van der Waals surface area contributed by atoms with E-state index in [0.717, 1.165) is 16.8 Å². The van der Waals surface area contributed by atoms with Gasteiger partial charge in [-0.15, -0.1) is 0 Å². The summed E-state index contributed by atoms with van der Waals surface area (Å²) in [6.07, 6.45) is 0. The van der Waals surface area contributed by atoms with E-state index in [4.69, 9.17) is 4.74 Å². The van der Waals surface area contributed by atoms with E-state index in [9.17, 15) is 4.79 Å². The molecule has 0 spiro atoms. The molecule has 1 aromatic carbocycles. The molecule has 1 N–H and O–H groups in total. The quantitative estimate of drug-likeness (QED) is 0.901. The minimum absolute atomic E-state index is 0.0821. The second-order valence-corrected chi connectivity index (χ2v) is 4.76. The van der Waals surface area contributed by atoms with Crippen LogP contribution < -0.4 is 10.1 Å². The summed E-state index contributed by atoms with van der Waals surface area (Å²) in [5.74, 6) is 0.642. The van der Waals surface area contributed by atoms with Crippen LogP contribution in [0.5, 0.6) is 5.75 Å². The maximum absolute atomic E-state index is 11.8. The van der Waals surface area contributed by atoms with Crippen LogP contribution >= 0.6 is 15.9 Å². The summed E-state index contributed by atoms with van der Waals surface area (Å²) in [7, 11) is 5.53. The van der Waals surface area contributed by atoms with E-state index in [0.29, 0.717) is 12.1 Å².